The molecule has 0 saturated heterocycles. The largest absolute Gasteiger partial charge is 0.366 e. The number of halogens is 3. The summed E-state index contributed by atoms with van der Waals surface area (Å²) in [6.45, 7) is 0.221. The molecule has 0 spiro atoms. The number of nitrogens with two attached hydrogens (primary N) is 1. The predicted molar refractivity (Wildman–Crippen MR) is 103 cm³/mol. The molecule has 3 aromatic carbocycles. The molecule has 1 heterocycles. The van der Waals surface area contributed by atoms with E-state index in [0.717, 1.165) is 16.4 Å². The van der Waals surface area contributed by atoms with Crippen LogP contribution in [0.4, 0.5) is 4.39 Å². The second-order valence-electron chi connectivity index (χ2n) is 6.00. The van der Waals surface area contributed by atoms with Crippen LogP contribution in [0.25, 0.3) is 21.8 Å². The topological polar surface area (TPSA) is 48.0 Å². The lowest BCUT2D eigenvalue weighted by molar-refractivity contribution is 0.100. The highest BCUT2D eigenvalue weighted by molar-refractivity contribution is 6.37. The third kappa shape index (κ3) is 2.54. The number of rotatable bonds is 3. The van der Waals surface area contributed by atoms with E-state index in [1.54, 1.807) is 30.3 Å². The van der Waals surface area contributed by atoms with Crippen LogP contribution in [0.1, 0.15) is 15.9 Å². The first-order chi connectivity index (χ1) is 12.5. The molecule has 1 aromatic heterocycles. The Morgan fingerprint density at radius 3 is 2.46 bits per heavy atom. The summed E-state index contributed by atoms with van der Waals surface area (Å²) in [6.07, 6.45) is 0. The Morgan fingerprint density at radius 1 is 1.00 bits per heavy atom. The number of hydrogen-bond acceptors (Lipinski definition) is 1. The lowest BCUT2D eigenvalue weighted by Gasteiger charge is -2.10. The number of benzene rings is 3. The Kier molecular flexibility index (Phi) is 4.10. The van der Waals surface area contributed by atoms with Gasteiger partial charge in [-0.05, 0) is 24.3 Å². The molecule has 0 bridgehead atoms. The number of aromatic nitrogens is 1. The van der Waals surface area contributed by atoms with Crippen molar-refractivity contribution in [1.29, 1.82) is 0 Å². The molecule has 130 valence electrons. The summed E-state index contributed by atoms with van der Waals surface area (Å²) in [5, 5.41) is 2.08. The molecule has 0 aliphatic carbocycles. The van der Waals surface area contributed by atoms with E-state index in [1.165, 1.54) is 6.07 Å². The highest BCUT2D eigenvalue weighted by Crippen LogP contribution is 2.36. The average Bonchev–Trinajstić information content (AvgIpc) is 2.94. The van der Waals surface area contributed by atoms with E-state index in [4.69, 9.17) is 28.9 Å². The fraction of sp³-hybridized carbons (Fsp3) is 0.0500. The zero-order valence-electron chi connectivity index (χ0n) is 13.5. The minimum atomic E-state index is -0.524. The molecule has 6 heteroatoms. The van der Waals surface area contributed by atoms with E-state index in [-0.39, 0.29) is 11.6 Å². The monoisotopic (exact) mass is 386 g/mol. The maximum Gasteiger partial charge on any atom is 0.249 e. The molecule has 3 nitrogen and oxygen atoms in total. The average molecular weight is 387 g/mol. The summed E-state index contributed by atoms with van der Waals surface area (Å²) in [5.74, 6) is -0.995. The maximum absolute atomic E-state index is 14.4. The number of fused-ring (bicyclic) bond motifs is 3. The first-order valence-corrected chi connectivity index (χ1v) is 8.66. The van der Waals surface area contributed by atoms with Gasteiger partial charge in [-0.1, -0.05) is 53.5 Å². The van der Waals surface area contributed by atoms with Crippen LogP contribution in [0.2, 0.25) is 10.0 Å². The van der Waals surface area contributed by atoms with Crippen LogP contribution in [-0.4, -0.2) is 10.5 Å². The van der Waals surface area contributed by atoms with Gasteiger partial charge in [-0.25, -0.2) is 4.39 Å². The molecule has 26 heavy (non-hydrogen) atoms. The van der Waals surface area contributed by atoms with Crippen molar-refractivity contribution in [2.24, 2.45) is 5.73 Å². The van der Waals surface area contributed by atoms with Gasteiger partial charge in [-0.3, -0.25) is 4.79 Å². The fourth-order valence-corrected chi connectivity index (χ4v) is 3.84. The minimum absolute atomic E-state index is 0.0622. The van der Waals surface area contributed by atoms with Crippen LogP contribution in [0.5, 0.6) is 0 Å². The molecular formula is C20H13Cl2FN2O. The van der Waals surface area contributed by atoms with E-state index in [9.17, 15) is 9.18 Å². The van der Waals surface area contributed by atoms with Crippen molar-refractivity contribution in [3.8, 4) is 0 Å². The van der Waals surface area contributed by atoms with Crippen LogP contribution < -0.4 is 5.73 Å². The van der Waals surface area contributed by atoms with Crippen molar-refractivity contribution < 1.29 is 9.18 Å². The first kappa shape index (κ1) is 16.9. The Balaban J connectivity index is 2.09. The Morgan fingerprint density at radius 2 is 1.69 bits per heavy atom. The van der Waals surface area contributed by atoms with Gasteiger partial charge in [-0.15, -0.1) is 0 Å². The Labute approximate surface area is 158 Å². The first-order valence-electron chi connectivity index (χ1n) is 7.91. The molecule has 0 fully saturated rings. The Bertz CT molecular complexity index is 1180. The van der Waals surface area contributed by atoms with E-state index in [2.05, 4.69) is 0 Å². The fourth-order valence-electron chi connectivity index (χ4n) is 3.37. The van der Waals surface area contributed by atoms with Crippen LogP contribution in [0, 0.1) is 5.82 Å². The second-order valence-corrected chi connectivity index (χ2v) is 6.81. The van der Waals surface area contributed by atoms with Gasteiger partial charge < -0.3 is 10.3 Å². The number of para-hydroxylation sites is 1. The summed E-state index contributed by atoms with van der Waals surface area (Å²) >= 11 is 12.4. The summed E-state index contributed by atoms with van der Waals surface area (Å²) in [5.41, 5.74) is 7.86. The number of hydrogen-bond donors (Lipinski definition) is 1. The molecule has 0 saturated carbocycles. The van der Waals surface area contributed by atoms with Crippen molar-refractivity contribution in [1.82, 2.24) is 4.57 Å². The van der Waals surface area contributed by atoms with Gasteiger partial charge in [0, 0.05) is 21.9 Å². The molecule has 0 atom stereocenters. The molecule has 0 aliphatic heterocycles. The SMILES string of the molecule is NC(=O)c1cccc2c1c1cccc(Cl)c1n2Cc1cccc(Cl)c1F. The second kappa shape index (κ2) is 6.31. The molecular weight excluding hydrogens is 374 g/mol. The zero-order chi connectivity index (χ0) is 18.4. The van der Waals surface area contributed by atoms with Gasteiger partial charge in [0.15, 0.2) is 0 Å². The van der Waals surface area contributed by atoms with Crippen molar-refractivity contribution in [2.45, 2.75) is 6.54 Å². The number of primary amides is 1. The van der Waals surface area contributed by atoms with Gasteiger partial charge in [0.05, 0.1) is 27.6 Å². The maximum atomic E-state index is 14.4. The van der Waals surface area contributed by atoms with Crippen molar-refractivity contribution in [3.05, 3.63) is 81.6 Å². The number of amides is 1. The van der Waals surface area contributed by atoms with E-state index in [0.29, 0.717) is 21.5 Å². The molecule has 4 rings (SSSR count). The minimum Gasteiger partial charge on any atom is -0.366 e. The standard InChI is InChI=1S/C20H13Cl2FN2O/c21-14-7-1-4-11(18(14)23)10-25-16-9-3-6-13(20(24)26)17(16)12-5-2-8-15(22)19(12)25/h1-9H,10H2,(H2,24,26). The van der Waals surface area contributed by atoms with Gasteiger partial charge >= 0.3 is 0 Å². The highest BCUT2D eigenvalue weighted by Gasteiger charge is 2.19. The number of carbonyl (C=O) groups excluding carboxylic acids is 1. The lowest BCUT2D eigenvalue weighted by atomic mass is 10.1. The molecule has 0 radical (unpaired) electrons. The molecule has 1 amide bonds. The van der Waals surface area contributed by atoms with Crippen molar-refractivity contribution in [3.63, 3.8) is 0 Å². The van der Waals surface area contributed by atoms with Crippen LogP contribution in [0.15, 0.2) is 54.6 Å². The van der Waals surface area contributed by atoms with Crippen LogP contribution >= 0.6 is 23.2 Å². The molecule has 0 unspecified atom stereocenters. The quantitative estimate of drug-likeness (QED) is 0.504. The smallest absolute Gasteiger partial charge is 0.249 e. The van der Waals surface area contributed by atoms with Gasteiger partial charge in [-0.2, -0.15) is 0 Å². The summed E-state index contributed by atoms with van der Waals surface area (Å²) in [4.78, 5) is 11.9. The Hall–Kier alpha value is -2.56. The van der Waals surface area contributed by atoms with Crippen molar-refractivity contribution in [2.75, 3.05) is 0 Å². The molecule has 0 aliphatic rings. The van der Waals surface area contributed by atoms with Gasteiger partial charge in [0.25, 0.3) is 0 Å². The van der Waals surface area contributed by atoms with Crippen molar-refractivity contribution >= 4 is 50.9 Å². The normalized spacial score (nSPS) is 11.3. The van der Waals surface area contributed by atoms with E-state index in [1.807, 2.05) is 22.8 Å². The van der Waals surface area contributed by atoms with Gasteiger partial charge in [0.1, 0.15) is 5.82 Å². The van der Waals surface area contributed by atoms with Crippen LogP contribution in [0.3, 0.4) is 0 Å². The predicted octanol–water partition coefficient (Wildman–Crippen LogP) is 5.39. The number of nitrogens with zero attached hydrogens (tertiary/aromatic N) is 1. The third-order valence-corrected chi connectivity index (χ3v) is 5.08. The van der Waals surface area contributed by atoms with E-state index < -0.39 is 11.7 Å². The molecule has 4 aromatic rings. The zero-order valence-corrected chi connectivity index (χ0v) is 15.0. The van der Waals surface area contributed by atoms with E-state index >= 15 is 0 Å². The summed E-state index contributed by atoms with van der Waals surface area (Å²) in [7, 11) is 0. The lowest BCUT2D eigenvalue weighted by Crippen LogP contribution is -2.11. The van der Waals surface area contributed by atoms with Crippen LogP contribution in [-0.2, 0) is 6.54 Å². The number of carbonyl (C=O) groups is 1. The summed E-state index contributed by atoms with van der Waals surface area (Å²) in [6, 6.07) is 15.6. The highest BCUT2D eigenvalue weighted by atomic mass is 35.5. The third-order valence-electron chi connectivity index (χ3n) is 4.48. The molecule has 2 N–H and O–H groups in total. The van der Waals surface area contributed by atoms with Gasteiger partial charge in [0.2, 0.25) is 5.91 Å². The summed E-state index contributed by atoms with van der Waals surface area (Å²) < 4.78 is 16.3.